The lowest BCUT2D eigenvalue weighted by Crippen LogP contribution is -2.31. The molecule has 0 amide bonds. The molecule has 1 saturated carbocycles. The third kappa shape index (κ3) is 2.58. The Hall–Kier alpha value is -1.20. The Labute approximate surface area is 117 Å². The van der Waals surface area contributed by atoms with Crippen LogP contribution >= 0.6 is 11.3 Å². The van der Waals surface area contributed by atoms with E-state index in [0.29, 0.717) is 6.04 Å². The van der Waals surface area contributed by atoms with Crippen LogP contribution in [0.2, 0.25) is 0 Å². The van der Waals surface area contributed by atoms with Gasteiger partial charge in [-0.1, -0.05) is 0 Å². The van der Waals surface area contributed by atoms with E-state index in [4.69, 9.17) is 0 Å². The van der Waals surface area contributed by atoms with Crippen LogP contribution in [-0.2, 0) is 6.54 Å². The van der Waals surface area contributed by atoms with E-state index >= 15 is 0 Å². The molecule has 0 bridgehead atoms. The van der Waals surface area contributed by atoms with E-state index in [2.05, 4.69) is 45.6 Å². The quantitative estimate of drug-likeness (QED) is 0.911. The van der Waals surface area contributed by atoms with Gasteiger partial charge in [0.05, 0.1) is 11.9 Å². The fourth-order valence-electron chi connectivity index (χ4n) is 2.47. The van der Waals surface area contributed by atoms with Crippen molar-refractivity contribution in [1.29, 1.82) is 0 Å². The highest BCUT2D eigenvalue weighted by molar-refractivity contribution is 7.16. The van der Waals surface area contributed by atoms with Crippen LogP contribution in [0.25, 0.3) is 10.2 Å². The van der Waals surface area contributed by atoms with Crippen molar-refractivity contribution in [3.8, 4) is 0 Å². The van der Waals surface area contributed by atoms with Crippen LogP contribution < -0.4 is 5.32 Å². The van der Waals surface area contributed by atoms with Crippen LogP contribution in [0.1, 0.15) is 25.6 Å². The molecule has 2 heterocycles. The second-order valence-corrected chi connectivity index (χ2v) is 6.27. The number of aromatic nitrogens is 2. The summed E-state index contributed by atoms with van der Waals surface area (Å²) < 4.78 is 0. The molecular formula is C14H20N4S. The molecule has 1 N–H and O–H groups in total. The number of hydrogen-bond donors (Lipinski definition) is 1. The van der Waals surface area contributed by atoms with Crippen molar-refractivity contribution >= 4 is 27.4 Å². The topological polar surface area (TPSA) is 41.1 Å². The van der Waals surface area contributed by atoms with E-state index in [0.717, 1.165) is 34.3 Å². The van der Waals surface area contributed by atoms with Gasteiger partial charge < -0.3 is 5.32 Å². The Kier molecular flexibility index (Phi) is 3.41. The largest absolute Gasteiger partial charge is 0.372 e. The predicted octanol–water partition coefficient (Wildman–Crippen LogP) is 2.96. The lowest BCUT2D eigenvalue weighted by Gasteiger charge is -2.23. The number of nitrogens with one attached hydrogen (secondary N) is 1. The number of anilines is 1. The van der Waals surface area contributed by atoms with E-state index in [1.807, 2.05) is 7.05 Å². The third-order valence-electron chi connectivity index (χ3n) is 4.00. The summed E-state index contributed by atoms with van der Waals surface area (Å²) in [5, 5.41) is 6.36. The molecule has 0 aromatic carbocycles. The van der Waals surface area contributed by atoms with E-state index < -0.39 is 0 Å². The summed E-state index contributed by atoms with van der Waals surface area (Å²) in [6.45, 7) is 3.13. The van der Waals surface area contributed by atoms with Crippen molar-refractivity contribution in [2.75, 3.05) is 19.4 Å². The molecule has 1 aliphatic carbocycles. The maximum atomic E-state index is 4.67. The number of nitrogens with zero attached hydrogens (tertiary/aromatic N) is 3. The van der Waals surface area contributed by atoms with Crippen LogP contribution in [0.5, 0.6) is 0 Å². The highest BCUT2D eigenvalue weighted by Gasteiger charge is 2.30. The SMILES string of the molecule is CNc1nc(CN(C)C(C)C2CC2)nc2sccc12. The molecule has 1 unspecified atom stereocenters. The molecule has 1 fully saturated rings. The fraction of sp³-hybridized carbons (Fsp3) is 0.571. The third-order valence-corrected chi connectivity index (χ3v) is 4.81. The van der Waals surface area contributed by atoms with Crippen LogP contribution in [0, 0.1) is 5.92 Å². The standard InChI is InChI=1S/C14H20N4S/c1-9(10-4-5-10)18(3)8-12-16-13(15-2)11-6-7-19-14(11)17-12/h6-7,9-10H,4-5,8H2,1-3H3,(H,15,16,17). The second-order valence-electron chi connectivity index (χ2n) is 5.37. The molecule has 5 heteroatoms. The molecule has 2 aromatic heterocycles. The Morgan fingerprint density at radius 3 is 2.95 bits per heavy atom. The lowest BCUT2D eigenvalue weighted by atomic mass is 10.2. The number of rotatable bonds is 5. The Morgan fingerprint density at radius 2 is 2.26 bits per heavy atom. The molecule has 1 atom stereocenters. The minimum atomic E-state index is 0.626. The Balaban J connectivity index is 1.83. The van der Waals surface area contributed by atoms with Gasteiger partial charge in [-0.05, 0) is 44.2 Å². The van der Waals surface area contributed by atoms with E-state index in [1.54, 1.807) is 11.3 Å². The first-order chi connectivity index (χ1) is 9.19. The molecule has 2 aromatic rings. The summed E-state index contributed by atoms with van der Waals surface area (Å²) >= 11 is 1.68. The summed E-state index contributed by atoms with van der Waals surface area (Å²) in [7, 11) is 4.09. The zero-order valence-electron chi connectivity index (χ0n) is 11.7. The molecule has 0 aliphatic heterocycles. The van der Waals surface area contributed by atoms with Gasteiger partial charge in [0, 0.05) is 13.1 Å². The summed E-state index contributed by atoms with van der Waals surface area (Å²) in [6, 6.07) is 2.70. The van der Waals surface area contributed by atoms with Gasteiger partial charge in [-0.15, -0.1) is 11.3 Å². The zero-order valence-corrected chi connectivity index (χ0v) is 12.5. The average Bonchev–Trinajstić information content (AvgIpc) is 3.15. The highest BCUT2D eigenvalue weighted by Crippen LogP contribution is 2.35. The van der Waals surface area contributed by atoms with Crippen LogP contribution in [0.4, 0.5) is 5.82 Å². The molecule has 0 spiro atoms. The maximum Gasteiger partial charge on any atom is 0.146 e. The predicted molar refractivity (Wildman–Crippen MR) is 80.6 cm³/mol. The van der Waals surface area contributed by atoms with Crippen LogP contribution in [-0.4, -0.2) is 35.0 Å². The smallest absolute Gasteiger partial charge is 0.146 e. The Bertz CT molecular complexity index is 576. The lowest BCUT2D eigenvalue weighted by molar-refractivity contribution is 0.221. The molecular weight excluding hydrogens is 256 g/mol. The molecule has 19 heavy (non-hydrogen) atoms. The number of hydrogen-bond acceptors (Lipinski definition) is 5. The number of fused-ring (bicyclic) bond motifs is 1. The van der Waals surface area contributed by atoms with E-state index in [-0.39, 0.29) is 0 Å². The molecule has 3 rings (SSSR count). The van der Waals surface area contributed by atoms with E-state index in [9.17, 15) is 0 Å². The first-order valence-corrected chi connectivity index (χ1v) is 7.69. The number of thiophene rings is 1. The van der Waals surface area contributed by atoms with E-state index in [1.165, 1.54) is 12.8 Å². The van der Waals surface area contributed by atoms with Gasteiger partial charge in [0.2, 0.25) is 0 Å². The van der Waals surface area contributed by atoms with Crippen molar-refractivity contribution in [3.63, 3.8) is 0 Å². The van der Waals surface area contributed by atoms with Gasteiger partial charge in [0.25, 0.3) is 0 Å². The van der Waals surface area contributed by atoms with Gasteiger partial charge in [-0.3, -0.25) is 4.90 Å². The molecule has 0 saturated heterocycles. The normalized spacial score (nSPS) is 17.1. The average molecular weight is 276 g/mol. The van der Waals surface area contributed by atoms with Crippen molar-refractivity contribution in [3.05, 3.63) is 17.3 Å². The van der Waals surface area contributed by atoms with Crippen LogP contribution in [0.15, 0.2) is 11.4 Å². The zero-order chi connectivity index (χ0) is 13.4. The van der Waals surface area contributed by atoms with Crippen molar-refractivity contribution in [1.82, 2.24) is 14.9 Å². The summed E-state index contributed by atoms with van der Waals surface area (Å²) in [5.74, 6) is 2.72. The summed E-state index contributed by atoms with van der Waals surface area (Å²) in [5.41, 5.74) is 0. The van der Waals surface area contributed by atoms with Gasteiger partial charge in [-0.2, -0.15) is 0 Å². The minimum absolute atomic E-state index is 0.626. The molecule has 1 aliphatic rings. The summed E-state index contributed by atoms with van der Waals surface area (Å²) in [4.78, 5) is 12.7. The van der Waals surface area contributed by atoms with Crippen molar-refractivity contribution in [2.45, 2.75) is 32.4 Å². The monoisotopic (exact) mass is 276 g/mol. The first kappa shape index (κ1) is 12.8. The van der Waals surface area contributed by atoms with Gasteiger partial charge >= 0.3 is 0 Å². The summed E-state index contributed by atoms with van der Waals surface area (Å²) in [6.07, 6.45) is 2.75. The fourth-order valence-corrected chi connectivity index (χ4v) is 3.25. The minimum Gasteiger partial charge on any atom is -0.372 e. The second kappa shape index (κ2) is 5.06. The molecule has 0 radical (unpaired) electrons. The van der Waals surface area contributed by atoms with Gasteiger partial charge in [-0.25, -0.2) is 9.97 Å². The van der Waals surface area contributed by atoms with Gasteiger partial charge in [0.15, 0.2) is 0 Å². The first-order valence-electron chi connectivity index (χ1n) is 6.81. The molecule has 102 valence electrons. The van der Waals surface area contributed by atoms with Crippen molar-refractivity contribution in [2.24, 2.45) is 5.92 Å². The van der Waals surface area contributed by atoms with Gasteiger partial charge in [0.1, 0.15) is 16.5 Å². The van der Waals surface area contributed by atoms with Crippen molar-refractivity contribution < 1.29 is 0 Å². The Morgan fingerprint density at radius 1 is 1.47 bits per heavy atom. The highest BCUT2D eigenvalue weighted by atomic mass is 32.1. The maximum absolute atomic E-state index is 4.67. The molecule has 4 nitrogen and oxygen atoms in total. The van der Waals surface area contributed by atoms with Crippen LogP contribution in [0.3, 0.4) is 0 Å².